The number of nitrogens with two attached hydrogens (primary N) is 1. The van der Waals surface area contributed by atoms with Crippen LogP contribution in [0, 0.1) is 17.8 Å². The van der Waals surface area contributed by atoms with Gasteiger partial charge in [-0.3, -0.25) is 4.79 Å². The van der Waals surface area contributed by atoms with Crippen molar-refractivity contribution in [1.82, 2.24) is 5.32 Å². The Hall–Kier alpha value is -1.35. The molecular formula is C18H28N2O. The zero-order valence-corrected chi connectivity index (χ0v) is 13.4. The summed E-state index contributed by atoms with van der Waals surface area (Å²) >= 11 is 0. The molecule has 3 nitrogen and oxygen atoms in total. The second-order valence-corrected chi connectivity index (χ2v) is 6.88. The fourth-order valence-corrected chi connectivity index (χ4v) is 3.52. The van der Waals surface area contributed by atoms with Crippen LogP contribution in [0.3, 0.4) is 0 Å². The number of carbonyl (C=O) groups excluding carboxylic acids is 1. The molecule has 1 aromatic carbocycles. The van der Waals surface area contributed by atoms with E-state index in [-0.39, 0.29) is 5.91 Å². The predicted molar refractivity (Wildman–Crippen MR) is 86.9 cm³/mol. The monoisotopic (exact) mass is 288 g/mol. The van der Waals surface area contributed by atoms with Gasteiger partial charge in [-0.05, 0) is 48.3 Å². The van der Waals surface area contributed by atoms with Crippen molar-refractivity contribution >= 4 is 5.91 Å². The van der Waals surface area contributed by atoms with Crippen molar-refractivity contribution in [2.45, 2.75) is 52.6 Å². The summed E-state index contributed by atoms with van der Waals surface area (Å²) < 4.78 is 0. The molecule has 3 heteroatoms. The van der Waals surface area contributed by atoms with E-state index in [1.807, 2.05) is 12.1 Å². The van der Waals surface area contributed by atoms with E-state index in [4.69, 9.17) is 5.73 Å². The van der Waals surface area contributed by atoms with E-state index in [0.717, 1.165) is 23.9 Å². The summed E-state index contributed by atoms with van der Waals surface area (Å²) in [6.07, 6.45) is 3.91. The standard InChI is InChI=1S/C18H28N2O/c1-12(2)16-8-7-13(3)9-17(16)20-11-14-5-4-6-15(10-14)18(19)21/h4-6,10,12-13,16-17,20H,7-9,11H2,1-3H3,(H2,19,21). The molecule has 0 aliphatic heterocycles. The molecule has 21 heavy (non-hydrogen) atoms. The number of primary amides is 1. The number of hydrogen-bond donors (Lipinski definition) is 2. The van der Waals surface area contributed by atoms with Crippen molar-refractivity contribution in [3.8, 4) is 0 Å². The summed E-state index contributed by atoms with van der Waals surface area (Å²) in [5.41, 5.74) is 7.06. The first-order valence-electron chi connectivity index (χ1n) is 8.09. The zero-order valence-electron chi connectivity index (χ0n) is 13.4. The van der Waals surface area contributed by atoms with E-state index in [0.29, 0.717) is 17.5 Å². The van der Waals surface area contributed by atoms with Crippen LogP contribution in [-0.2, 0) is 6.54 Å². The number of rotatable bonds is 5. The molecule has 0 bridgehead atoms. The third-order valence-electron chi connectivity index (χ3n) is 4.80. The summed E-state index contributed by atoms with van der Waals surface area (Å²) in [4.78, 5) is 11.2. The molecule has 1 aliphatic carbocycles. The minimum absolute atomic E-state index is 0.358. The lowest BCUT2D eigenvalue weighted by molar-refractivity contribution is 0.1000. The van der Waals surface area contributed by atoms with Crippen molar-refractivity contribution in [1.29, 1.82) is 0 Å². The normalized spacial score (nSPS) is 26.0. The Kier molecular flexibility index (Phi) is 5.40. The van der Waals surface area contributed by atoms with E-state index < -0.39 is 0 Å². The van der Waals surface area contributed by atoms with Crippen molar-refractivity contribution in [3.05, 3.63) is 35.4 Å². The molecule has 0 aromatic heterocycles. The molecule has 3 N–H and O–H groups in total. The Morgan fingerprint density at radius 3 is 2.81 bits per heavy atom. The molecule has 1 aromatic rings. The first-order chi connectivity index (χ1) is 9.97. The molecular weight excluding hydrogens is 260 g/mol. The molecule has 0 spiro atoms. The fourth-order valence-electron chi connectivity index (χ4n) is 3.52. The maximum atomic E-state index is 11.2. The van der Waals surface area contributed by atoms with Crippen LogP contribution in [0.4, 0.5) is 0 Å². The second-order valence-electron chi connectivity index (χ2n) is 6.88. The molecule has 1 aliphatic rings. The molecule has 3 unspecified atom stereocenters. The first-order valence-corrected chi connectivity index (χ1v) is 8.09. The highest BCUT2D eigenvalue weighted by molar-refractivity contribution is 5.92. The fraction of sp³-hybridized carbons (Fsp3) is 0.611. The molecule has 1 saturated carbocycles. The lowest BCUT2D eigenvalue weighted by Gasteiger charge is -2.38. The van der Waals surface area contributed by atoms with Gasteiger partial charge in [-0.2, -0.15) is 0 Å². The van der Waals surface area contributed by atoms with Gasteiger partial charge in [0.2, 0.25) is 5.91 Å². The SMILES string of the molecule is CC1CCC(C(C)C)C(NCc2cccc(C(N)=O)c2)C1. The Labute approximate surface area is 128 Å². The highest BCUT2D eigenvalue weighted by Crippen LogP contribution is 2.33. The van der Waals surface area contributed by atoms with E-state index in [2.05, 4.69) is 32.2 Å². The van der Waals surface area contributed by atoms with Gasteiger partial charge in [-0.15, -0.1) is 0 Å². The average molecular weight is 288 g/mol. The highest BCUT2D eigenvalue weighted by Gasteiger charge is 2.30. The zero-order chi connectivity index (χ0) is 15.4. The van der Waals surface area contributed by atoms with E-state index in [1.165, 1.54) is 19.3 Å². The molecule has 0 radical (unpaired) electrons. The van der Waals surface area contributed by atoms with Crippen LogP contribution in [0.15, 0.2) is 24.3 Å². The second kappa shape index (κ2) is 7.08. The van der Waals surface area contributed by atoms with Gasteiger partial charge < -0.3 is 11.1 Å². The summed E-state index contributed by atoms with van der Waals surface area (Å²) in [6, 6.07) is 8.19. The lowest BCUT2D eigenvalue weighted by atomic mass is 9.74. The molecule has 1 amide bonds. The average Bonchev–Trinajstić information content (AvgIpc) is 2.45. The van der Waals surface area contributed by atoms with E-state index in [1.54, 1.807) is 6.07 Å². The van der Waals surface area contributed by atoms with Gasteiger partial charge in [0.25, 0.3) is 0 Å². The Morgan fingerprint density at radius 1 is 1.38 bits per heavy atom. The molecule has 2 rings (SSSR count). The summed E-state index contributed by atoms with van der Waals surface area (Å²) in [5.74, 6) is 1.91. The maximum Gasteiger partial charge on any atom is 0.248 e. The Bertz CT molecular complexity index is 484. The van der Waals surface area contributed by atoms with Gasteiger partial charge in [0.1, 0.15) is 0 Å². The van der Waals surface area contributed by atoms with Gasteiger partial charge >= 0.3 is 0 Å². The number of benzene rings is 1. The first kappa shape index (κ1) is 16.0. The smallest absolute Gasteiger partial charge is 0.248 e. The van der Waals surface area contributed by atoms with Gasteiger partial charge in [-0.25, -0.2) is 0 Å². The summed E-state index contributed by atoms with van der Waals surface area (Å²) in [5, 5.41) is 3.71. The molecule has 3 atom stereocenters. The lowest BCUT2D eigenvalue weighted by Crippen LogP contribution is -2.42. The van der Waals surface area contributed by atoms with Crippen LogP contribution in [0.25, 0.3) is 0 Å². The van der Waals surface area contributed by atoms with Crippen LogP contribution in [0.2, 0.25) is 0 Å². The quantitative estimate of drug-likeness (QED) is 0.873. The van der Waals surface area contributed by atoms with Crippen LogP contribution in [-0.4, -0.2) is 11.9 Å². The van der Waals surface area contributed by atoms with E-state index >= 15 is 0 Å². The van der Waals surface area contributed by atoms with Crippen LogP contribution >= 0.6 is 0 Å². The van der Waals surface area contributed by atoms with Gasteiger partial charge in [0.05, 0.1) is 0 Å². The molecule has 1 fully saturated rings. The van der Waals surface area contributed by atoms with E-state index in [9.17, 15) is 4.79 Å². The van der Waals surface area contributed by atoms with Crippen LogP contribution in [0.1, 0.15) is 56.0 Å². The number of nitrogens with one attached hydrogen (secondary N) is 1. The Balaban J connectivity index is 2.00. The topological polar surface area (TPSA) is 55.1 Å². The third-order valence-corrected chi connectivity index (χ3v) is 4.80. The van der Waals surface area contributed by atoms with Crippen molar-refractivity contribution in [2.75, 3.05) is 0 Å². The Morgan fingerprint density at radius 2 is 2.14 bits per heavy atom. The predicted octanol–water partition coefficient (Wildman–Crippen LogP) is 3.34. The molecule has 0 saturated heterocycles. The number of amides is 1. The minimum Gasteiger partial charge on any atom is -0.366 e. The van der Waals surface area contributed by atoms with Gasteiger partial charge in [-0.1, -0.05) is 39.3 Å². The van der Waals surface area contributed by atoms with Crippen molar-refractivity contribution in [3.63, 3.8) is 0 Å². The van der Waals surface area contributed by atoms with Crippen molar-refractivity contribution < 1.29 is 4.79 Å². The van der Waals surface area contributed by atoms with Gasteiger partial charge in [0, 0.05) is 18.2 Å². The third kappa shape index (κ3) is 4.31. The largest absolute Gasteiger partial charge is 0.366 e. The summed E-state index contributed by atoms with van der Waals surface area (Å²) in [7, 11) is 0. The highest BCUT2D eigenvalue weighted by atomic mass is 16.1. The maximum absolute atomic E-state index is 11.2. The van der Waals surface area contributed by atoms with Crippen molar-refractivity contribution in [2.24, 2.45) is 23.5 Å². The van der Waals surface area contributed by atoms with Crippen LogP contribution < -0.4 is 11.1 Å². The van der Waals surface area contributed by atoms with Crippen LogP contribution in [0.5, 0.6) is 0 Å². The minimum atomic E-state index is -0.358. The number of hydrogen-bond acceptors (Lipinski definition) is 2. The van der Waals surface area contributed by atoms with Gasteiger partial charge in [0.15, 0.2) is 0 Å². The number of carbonyl (C=O) groups is 1. The molecule has 0 heterocycles. The summed E-state index contributed by atoms with van der Waals surface area (Å²) in [6.45, 7) is 7.80. The molecule has 116 valence electrons.